The third kappa shape index (κ3) is 5.14. The summed E-state index contributed by atoms with van der Waals surface area (Å²) in [6.07, 6.45) is 3.13. The van der Waals surface area contributed by atoms with Gasteiger partial charge < -0.3 is 15.8 Å². The van der Waals surface area contributed by atoms with Crippen molar-refractivity contribution in [2.75, 3.05) is 12.3 Å². The van der Waals surface area contributed by atoms with Gasteiger partial charge in [-0.05, 0) is 48.4 Å². The van der Waals surface area contributed by atoms with E-state index in [1.54, 1.807) is 36.4 Å². The van der Waals surface area contributed by atoms with Gasteiger partial charge in [0.25, 0.3) is 0 Å². The fourth-order valence-electron chi connectivity index (χ4n) is 1.99. The van der Waals surface area contributed by atoms with Crippen LogP contribution in [0, 0.1) is 5.82 Å². The van der Waals surface area contributed by atoms with Gasteiger partial charge in [0.05, 0.1) is 5.69 Å². The molecule has 0 aliphatic carbocycles. The predicted octanol–water partition coefficient (Wildman–Crippen LogP) is 3.14. The van der Waals surface area contributed by atoms with E-state index in [1.807, 2.05) is 6.92 Å². The fraction of sp³-hybridized carbons (Fsp3) is 0.167. The molecule has 0 aliphatic rings. The molecule has 0 atom stereocenters. The summed E-state index contributed by atoms with van der Waals surface area (Å²) in [4.78, 5) is 11.4. The molecule has 3 N–H and O–H groups in total. The SMILES string of the molecule is CCNC(=O)/C=C\c1ccc(OCc2cccc(F)c2)c(N)c1. The molecule has 0 bridgehead atoms. The molecule has 0 saturated heterocycles. The largest absolute Gasteiger partial charge is 0.487 e. The summed E-state index contributed by atoms with van der Waals surface area (Å²) in [5.41, 5.74) is 7.93. The summed E-state index contributed by atoms with van der Waals surface area (Å²) >= 11 is 0. The number of likely N-dealkylation sites (N-methyl/N-ethyl adjacent to an activating group) is 1. The van der Waals surface area contributed by atoms with Gasteiger partial charge in [-0.2, -0.15) is 0 Å². The van der Waals surface area contributed by atoms with Crippen molar-refractivity contribution in [1.82, 2.24) is 5.32 Å². The zero-order valence-electron chi connectivity index (χ0n) is 12.9. The summed E-state index contributed by atoms with van der Waals surface area (Å²) in [5, 5.41) is 2.67. The standard InChI is InChI=1S/C18H19FN2O2/c1-2-21-18(22)9-7-13-6-8-17(16(20)11-13)23-12-14-4-3-5-15(19)10-14/h3-11H,2,12,20H2,1H3,(H,21,22)/b9-7-. The second kappa shape index (κ2) is 7.98. The Morgan fingerprint density at radius 2 is 2.13 bits per heavy atom. The average molecular weight is 314 g/mol. The Labute approximate surface area is 134 Å². The van der Waals surface area contributed by atoms with E-state index in [0.29, 0.717) is 18.0 Å². The second-order valence-electron chi connectivity index (χ2n) is 4.94. The van der Waals surface area contributed by atoms with Gasteiger partial charge >= 0.3 is 0 Å². The lowest BCUT2D eigenvalue weighted by Crippen LogP contribution is -2.19. The molecule has 0 unspecified atom stereocenters. The number of hydrogen-bond acceptors (Lipinski definition) is 3. The van der Waals surface area contributed by atoms with Gasteiger partial charge in [-0.3, -0.25) is 4.79 Å². The normalized spacial score (nSPS) is 10.7. The quantitative estimate of drug-likeness (QED) is 0.636. The van der Waals surface area contributed by atoms with Crippen molar-refractivity contribution in [2.45, 2.75) is 13.5 Å². The van der Waals surface area contributed by atoms with Crippen LogP contribution in [0.3, 0.4) is 0 Å². The van der Waals surface area contributed by atoms with Crippen LogP contribution in [0.25, 0.3) is 6.08 Å². The van der Waals surface area contributed by atoms with Crippen LogP contribution < -0.4 is 15.8 Å². The highest BCUT2D eigenvalue weighted by atomic mass is 19.1. The van der Waals surface area contributed by atoms with Gasteiger partial charge in [0.1, 0.15) is 18.2 Å². The van der Waals surface area contributed by atoms with E-state index in [2.05, 4.69) is 5.32 Å². The first-order chi connectivity index (χ1) is 11.1. The molecular weight excluding hydrogens is 295 g/mol. The molecule has 0 spiro atoms. The molecule has 2 aromatic carbocycles. The average Bonchev–Trinajstić information content (AvgIpc) is 2.52. The third-order valence-electron chi connectivity index (χ3n) is 3.10. The highest BCUT2D eigenvalue weighted by Gasteiger charge is 2.03. The molecule has 0 radical (unpaired) electrons. The Morgan fingerprint density at radius 3 is 2.83 bits per heavy atom. The summed E-state index contributed by atoms with van der Waals surface area (Å²) in [5.74, 6) is 0.0619. The number of ether oxygens (including phenoxy) is 1. The molecule has 120 valence electrons. The molecule has 2 rings (SSSR count). The number of carbonyl (C=O) groups is 1. The van der Waals surface area contributed by atoms with Crippen molar-refractivity contribution in [1.29, 1.82) is 0 Å². The molecule has 23 heavy (non-hydrogen) atoms. The molecule has 5 heteroatoms. The number of rotatable bonds is 6. The van der Waals surface area contributed by atoms with Crippen molar-refractivity contribution >= 4 is 17.7 Å². The Kier molecular flexibility index (Phi) is 5.74. The van der Waals surface area contributed by atoms with Crippen molar-refractivity contribution in [2.24, 2.45) is 0 Å². The number of anilines is 1. The van der Waals surface area contributed by atoms with Gasteiger partial charge in [-0.15, -0.1) is 0 Å². The van der Waals surface area contributed by atoms with Gasteiger partial charge in [0.15, 0.2) is 0 Å². The number of hydrogen-bond donors (Lipinski definition) is 2. The van der Waals surface area contributed by atoms with Gasteiger partial charge in [-0.1, -0.05) is 18.2 Å². The minimum absolute atomic E-state index is 0.155. The Balaban J connectivity index is 2.00. The summed E-state index contributed by atoms with van der Waals surface area (Å²) < 4.78 is 18.7. The maximum atomic E-state index is 13.1. The second-order valence-corrected chi connectivity index (χ2v) is 4.94. The zero-order chi connectivity index (χ0) is 16.7. The number of nitrogens with two attached hydrogens (primary N) is 1. The Hall–Kier alpha value is -2.82. The Bertz CT molecular complexity index is 714. The first-order valence-corrected chi connectivity index (χ1v) is 7.31. The van der Waals surface area contributed by atoms with Crippen molar-refractivity contribution < 1.29 is 13.9 Å². The molecule has 0 fully saturated rings. The molecule has 2 aromatic rings. The molecule has 0 saturated carbocycles. The fourth-order valence-corrected chi connectivity index (χ4v) is 1.99. The van der Waals surface area contributed by atoms with Gasteiger partial charge in [0, 0.05) is 12.6 Å². The molecule has 0 aromatic heterocycles. The smallest absolute Gasteiger partial charge is 0.243 e. The van der Waals surface area contributed by atoms with Crippen molar-refractivity contribution in [3.63, 3.8) is 0 Å². The number of nitrogens with one attached hydrogen (secondary N) is 1. The van der Waals surface area contributed by atoms with Crippen LogP contribution in [-0.4, -0.2) is 12.5 Å². The molecule has 4 nitrogen and oxygen atoms in total. The first kappa shape index (κ1) is 16.5. The van der Waals surface area contributed by atoms with Crippen LogP contribution in [0.5, 0.6) is 5.75 Å². The minimum Gasteiger partial charge on any atom is -0.487 e. The summed E-state index contributed by atoms with van der Waals surface area (Å²) in [7, 11) is 0. The lowest BCUT2D eigenvalue weighted by molar-refractivity contribution is -0.116. The minimum atomic E-state index is -0.301. The maximum Gasteiger partial charge on any atom is 0.243 e. The van der Waals surface area contributed by atoms with Crippen molar-refractivity contribution in [3.05, 3.63) is 65.5 Å². The number of amides is 1. The van der Waals surface area contributed by atoms with Crippen LogP contribution >= 0.6 is 0 Å². The van der Waals surface area contributed by atoms with Crippen LogP contribution in [0.4, 0.5) is 10.1 Å². The van der Waals surface area contributed by atoms with E-state index in [-0.39, 0.29) is 18.3 Å². The van der Waals surface area contributed by atoms with Crippen LogP contribution in [0.2, 0.25) is 0 Å². The molecule has 0 aliphatic heterocycles. The van der Waals surface area contributed by atoms with E-state index in [4.69, 9.17) is 10.5 Å². The maximum absolute atomic E-state index is 13.1. The predicted molar refractivity (Wildman–Crippen MR) is 89.3 cm³/mol. The van der Waals surface area contributed by atoms with E-state index in [0.717, 1.165) is 11.1 Å². The molecule has 0 heterocycles. The van der Waals surface area contributed by atoms with E-state index < -0.39 is 0 Å². The van der Waals surface area contributed by atoms with Crippen molar-refractivity contribution in [3.8, 4) is 5.75 Å². The number of halogens is 1. The lowest BCUT2D eigenvalue weighted by Gasteiger charge is -2.09. The topological polar surface area (TPSA) is 64.3 Å². The van der Waals surface area contributed by atoms with Crippen LogP contribution in [-0.2, 0) is 11.4 Å². The summed E-state index contributed by atoms with van der Waals surface area (Å²) in [6, 6.07) is 11.5. The number of benzene rings is 2. The monoisotopic (exact) mass is 314 g/mol. The summed E-state index contributed by atoms with van der Waals surface area (Å²) in [6.45, 7) is 2.67. The van der Waals surface area contributed by atoms with Gasteiger partial charge in [-0.25, -0.2) is 4.39 Å². The van der Waals surface area contributed by atoms with E-state index in [9.17, 15) is 9.18 Å². The van der Waals surface area contributed by atoms with E-state index in [1.165, 1.54) is 18.2 Å². The highest BCUT2D eigenvalue weighted by molar-refractivity contribution is 5.91. The zero-order valence-corrected chi connectivity index (χ0v) is 12.9. The third-order valence-corrected chi connectivity index (χ3v) is 3.10. The lowest BCUT2D eigenvalue weighted by atomic mass is 10.1. The van der Waals surface area contributed by atoms with Gasteiger partial charge in [0.2, 0.25) is 5.91 Å². The number of nitrogen functional groups attached to an aromatic ring is 1. The first-order valence-electron chi connectivity index (χ1n) is 7.31. The molecular formula is C18H19FN2O2. The van der Waals surface area contributed by atoms with Crippen LogP contribution in [0.1, 0.15) is 18.1 Å². The van der Waals surface area contributed by atoms with E-state index >= 15 is 0 Å². The molecule has 1 amide bonds. The highest BCUT2D eigenvalue weighted by Crippen LogP contribution is 2.24. The number of carbonyl (C=O) groups excluding carboxylic acids is 1. The van der Waals surface area contributed by atoms with Crippen LogP contribution in [0.15, 0.2) is 48.5 Å². The Morgan fingerprint density at radius 1 is 1.30 bits per heavy atom.